The van der Waals surface area contributed by atoms with E-state index >= 15 is 0 Å². The first-order valence-corrected chi connectivity index (χ1v) is 10.4. The monoisotopic (exact) mass is 375 g/mol. The zero-order chi connectivity index (χ0) is 18.2. The summed E-state index contributed by atoms with van der Waals surface area (Å²) in [5, 5.41) is 6.33. The first-order chi connectivity index (χ1) is 13.3. The van der Waals surface area contributed by atoms with Gasteiger partial charge in [-0.2, -0.15) is 0 Å². The van der Waals surface area contributed by atoms with Crippen molar-refractivity contribution in [3.05, 3.63) is 71.1 Å². The van der Waals surface area contributed by atoms with Crippen molar-refractivity contribution in [3.8, 4) is 0 Å². The smallest absolute Gasteiger partial charge is 0.255 e. The van der Waals surface area contributed by atoms with E-state index in [1.807, 2.05) is 42.5 Å². The third-order valence-corrected chi connectivity index (χ3v) is 6.37. The third-order valence-electron chi connectivity index (χ3n) is 5.52. The number of thioether (sulfide) groups is 1. The lowest BCUT2D eigenvalue weighted by Crippen LogP contribution is -2.38. The standard InChI is InChI=1S/C22H21N3OS/c26-21(16-6-2-1-3-7-16)23-17-12-10-15(11-13-17)20-14-27-22-24-18-8-4-5-9-19(18)25(20)22/h1-3,6-7,10-14,18-19H,4-5,8-9H2,(H,23,26)/t18-,19+/m0/s1. The molecular formula is C22H21N3OS. The number of rotatable bonds is 3. The Kier molecular flexibility index (Phi) is 4.24. The Labute approximate surface area is 163 Å². The van der Waals surface area contributed by atoms with Crippen molar-refractivity contribution in [2.24, 2.45) is 4.99 Å². The number of carbonyl (C=O) groups excluding carboxylic acids is 1. The quantitative estimate of drug-likeness (QED) is 0.824. The van der Waals surface area contributed by atoms with E-state index in [-0.39, 0.29) is 5.91 Å². The lowest BCUT2D eigenvalue weighted by molar-refractivity contribution is 0.102. The number of aliphatic imine (C=N–C) groups is 1. The van der Waals surface area contributed by atoms with Gasteiger partial charge in [0.05, 0.1) is 17.8 Å². The fourth-order valence-electron chi connectivity index (χ4n) is 4.15. The second-order valence-corrected chi connectivity index (χ2v) is 8.06. The summed E-state index contributed by atoms with van der Waals surface area (Å²) in [5.74, 6) is -0.0852. The highest BCUT2D eigenvalue weighted by atomic mass is 32.2. The van der Waals surface area contributed by atoms with E-state index in [2.05, 4.69) is 27.8 Å². The molecule has 2 atom stereocenters. The lowest BCUT2D eigenvalue weighted by atomic mass is 9.90. The van der Waals surface area contributed by atoms with Crippen molar-refractivity contribution in [1.29, 1.82) is 0 Å². The molecule has 0 spiro atoms. The third kappa shape index (κ3) is 3.06. The van der Waals surface area contributed by atoms with Crippen molar-refractivity contribution < 1.29 is 4.79 Å². The highest BCUT2D eigenvalue weighted by Gasteiger charge is 2.42. The van der Waals surface area contributed by atoms with Crippen LogP contribution in [0, 0.1) is 0 Å². The van der Waals surface area contributed by atoms with Gasteiger partial charge in [-0.25, -0.2) is 0 Å². The molecule has 1 aliphatic carbocycles. The zero-order valence-electron chi connectivity index (χ0n) is 15.0. The molecule has 0 radical (unpaired) electrons. The Balaban J connectivity index is 1.32. The molecule has 5 rings (SSSR count). The van der Waals surface area contributed by atoms with Gasteiger partial charge in [0, 0.05) is 16.7 Å². The molecule has 1 saturated carbocycles. The van der Waals surface area contributed by atoms with E-state index in [0.29, 0.717) is 17.6 Å². The van der Waals surface area contributed by atoms with Gasteiger partial charge in [-0.1, -0.05) is 54.9 Å². The number of fused-ring (bicyclic) bond motifs is 3. The molecule has 3 aliphatic rings. The largest absolute Gasteiger partial charge is 0.322 e. The van der Waals surface area contributed by atoms with Crippen LogP contribution in [-0.2, 0) is 0 Å². The van der Waals surface area contributed by atoms with Gasteiger partial charge in [-0.3, -0.25) is 9.79 Å². The van der Waals surface area contributed by atoms with Crippen LogP contribution in [0.4, 0.5) is 5.69 Å². The number of benzene rings is 2. The normalized spacial score (nSPS) is 23.3. The van der Waals surface area contributed by atoms with Gasteiger partial charge in [0.25, 0.3) is 5.91 Å². The van der Waals surface area contributed by atoms with Crippen LogP contribution in [0.15, 0.2) is 65.0 Å². The number of amides is 1. The SMILES string of the molecule is O=C(Nc1ccc(C2=CSC3=N[C@H]4CCCC[C@H]4N23)cc1)c1ccccc1. The summed E-state index contributed by atoms with van der Waals surface area (Å²) in [6.07, 6.45) is 5.03. The van der Waals surface area contributed by atoms with Crippen molar-refractivity contribution in [3.63, 3.8) is 0 Å². The summed E-state index contributed by atoms with van der Waals surface area (Å²) in [6.45, 7) is 0. The van der Waals surface area contributed by atoms with E-state index in [1.165, 1.54) is 36.9 Å². The van der Waals surface area contributed by atoms with Gasteiger partial charge in [-0.15, -0.1) is 0 Å². The Morgan fingerprint density at radius 3 is 2.63 bits per heavy atom. The van der Waals surface area contributed by atoms with Crippen molar-refractivity contribution in [2.75, 3.05) is 5.32 Å². The van der Waals surface area contributed by atoms with E-state index in [1.54, 1.807) is 11.8 Å². The topological polar surface area (TPSA) is 44.7 Å². The maximum Gasteiger partial charge on any atom is 0.255 e. The van der Waals surface area contributed by atoms with Crippen LogP contribution < -0.4 is 5.32 Å². The minimum absolute atomic E-state index is 0.0852. The zero-order valence-corrected chi connectivity index (χ0v) is 15.8. The van der Waals surface area contributed by atoms with Gasteiger partial charge in [0.2, 0.25) is 0 Å². The molecule has 2 heterocycles. The van der Waals surface area contributed by atoms with Gasteiger partial charge < -0.3 is 10.2 Å². The number of hydrogen-bond acceptors (Lipinski definition) is 4. The Morgan fingerprint density at radius 1 is 1.04 bits per heavy atom. The molecule has 27 heavy (non-hydrogen) atoms. The highest BCUT2D eigenvalue weighted by Crippen LogP contribution is 2.44. The lowest BCUT2D eigenvalue weighted by Gasteiger charge is -2.32. The van der Waals surface area contributed by atoms with Crippen molar-refractivity contribution >= 4 is 34.2 Å². The predicted octanol–water partition coefficient (Wildman–Crippen LogP) is 4.97. The molecule has 136 valence electrons. The summed E-state index contributed by atoms with van der Waals surface area (Å²) in [6, 6.07) is 18.4. The van der Waals surface area contributed by atoms with Crippen LogP contribution in [0.3, 0.4) is 0 Å². The fourth-order valence-corrected chi connectivity index (χ4v) is 5.16. The van der Waals surface area contributed by atoms with E-state index in [0.717, 1.165) is 10.9 Å². The van der Waals surface area contributed by atoms with Gasteiger partial charge in [0.15, 0.2) is 5.17 Å². The molecule has 2 aliphatic heterocycles. The average molecular weight is 375 g/mol. The Hall–Kier alpha value is -2.53. The minimum Gasteiger partial charge on any atom is -0.322 e. The average Bonchev–Trinajstić information content (AvgIpc) is 3.29. The molecule has 1 N–H and O–H groups in total. The van der Waals surface area contributed by atoms with Crippen LogP contribution in [-0.4, -0.2) is 28.1 Å². The maximum absolute atomic E-state index is 12.3. The number of nitrogens with zero attached hydrogens (tertiary/aromatic N) is 2. The van der Waals surface area contributed by atoms with Crippen LogP contribution in [0.5, 0.6) is 0 Å². The summed E-state index contributed by atoms with van der Waals surface area (Å²) in [5.41, 5.74) is 3.90. The minimum atomic E-state index is -0.0852. The molecule has 0 aromatic heterocycles. The summed E-state index contributed by atoms with van der Waals surface area (Å²) in [7, 11) is 0. The second kappa shape index (κ2) is 6.89. The fraction of sp³-hybridized carbons (Fsp3) is 0.273. The number of anilines is 1. The van der Waals surface area contributed by atoms with Crippen LogP contribution in [0.1, 0.15) is 41.6 Å². The van der Waals surface area contributed by atoms with E-state index < -0.39 is 0 Å². The van der Waals surface area contributed by atoms with Crippen LogP contribution in [0.25, 0.3) is 5.70 Å². The van der Waals surface area contributed by atoms with Gasteiger partial charge in [-0.05, 0) is 42.7 Å². The van der Waals surface area contributed by atoms with Crippen molar-refractivity contribution in [1.82, 2.24) is 4.90 Å². The molecule has 0 saturated heterocycles. The molecule has 0 unspecified atom stereocenters. The first kappa shape index (κ1) is 16.6. The molecule has 1 fully saturated rings. The molecule has 1 amide bonds. The molecule has 4 nitrogen and oxygen atoms in total. The van der Waals surface area contributed by atoms with Gasteiger partial charge >= 0.3 is 0 Å². The molecule has 5 heteroatoms. The Bertz CT molecular complexity index is 920. The molecule has 0 bridgehead atoms. The molecule has 2 aromatic rings. The maximum atomic E-state index is 12.3. The van der Waals surface area contributed by atoms with Crippen LogP contribution >= 0.6 is 11.8 Å². The predicted molar refractivity (Wildman–Crippen MR) is 112 cm³/mol. The van der Waals surface area contributed by atoms with Gasteiger partial charge in [0.1, 0.15) is 0 Å². The summed E-state index contributed by atoms with van der Waals surface area (Å²) >= 11 is 1.74. The summed E-state index contributed by atoms with van der Waals surface area (Å²) < 4.78 is 0. The molecule has 2 aromatic carbocycles. The highest BCUT2D eigenvalue weighted by molar-refractivity contribution is 8.16. The molecular weight excluding hydrogens is 354 g/mol. The van der Waals surface area contributed by atoms with E-state index in [9.17, 15) is 4.79 Å². The van der Waals surface area contributed by atoms with E-state index in [4.69, 9.17) is 4.99 Å². The first-order valence-electron chi connectivity index (χ1n) is 9.50. The number of carbonyl (C=O) groups is 1. The van der Waals surface area contributed by atoms with Crippen molar-refractivity contribution in [2.45, 2.75) is 37.8 Å². The number of nitrogens with one attached hydrogen (secondary N) is 1. The Morgan fingerprint density at radius 2 is 1.81 bits per heavy atom. The number of amidine groups is 1. The number of hydrogen-bond donors (Lipinski definition) is 1. The summed E-state index contributed by atoms with van der Waals surface area (Å²) in [4.78, 5) is 19.7. The van der Waals surface area contributed by atoms with Crippen LogP contribution in [0.2, 0.25) is 0 Å². The second-order valence-electron chi connectivity index (χ2n) is 7.22.